The molecule has 0 aliphatic carbocycles. The quantitative estimate of drug-likeness (QED) is 0.854. The van der Waals surface area contributed by atoms with Crippen molar-refractivity contribution >= 4 is 23.2 Å². The van der Waals surface area contributed by atoms with Crippen LogP contribution in [0.15, 0.2) is 18.2 Å². The molecule has 0 heterocycles. The van der Waals surface area contributed by atoms with Crippen LogP contribution in [0, 0.1) is 0 Å². The molecule has 88 valence electrons. The summed E-state index contributed by atoms with van der Waals surface area (Å²) in [6.07, 6.45) is 0. The number of benzene rings is 1. The van der Waals surface area contributed by atoms with Gasteiger partial charge in [-0.25, -0.2) is 0 Å². The van der Waals surface area contributed by atoms with E-state index in [1.165, 1.54) is 21.0 Å². The maximum atomic E-state index is 11.5. The van der Waals surface area contributed by atoms with E-state index >= 15 is 0 Å². The van der Waals surface area contributed by atoms with Crippen molar-refractivity contribution in [2.45, 2.75) is 19.4 Å². The summed E-state index contributed by atoms with van der Waals surface area (Å²) in [4.78, 5) is 11.5. The predicted molar refractivity (Wildman–Crippen MR) is 62.9 cm³/mol. The summed E-state index contributed by atoms with van der Waals surface area (Å²) in [5.41, 5.74) is -0.912. The summed E-state index contributed by atoms with van der Waals surface area (Å²) in [5.74, 6) is 0.0386. The summed E-state index contributed by atoms with van der Waals surface area (Å²) in [5, 5.41) is 12.4. The second-order valence-electron chi connectivity index (χ2n) is 3.86. The highest BCUT2D eigenvalue weighted by atomic mass is 35.5. The van der Waals surface area contributed by atoms with Gasteiger partial charge in [0.1, 0.15) is 11.4 Å². The van der Waals surface area contributed by atoms with E-state index in [-0.39, 0.29) is 0 Å². The van der Waals surface area contributed by atoms with Crippen molar-refractivity contribution in [3.63, 3.8) is 0 Å². The van der Waals surface area contributed by atoms with E-state index in [2.05, 4.69) is 5.32 Å². The second kappa shape index (κ2) is 4.72. The molecule has 0 aliphatic rings. The zero-order chi connectivity index (χ0) is 12.3. The molecule has 4 nitrogen and oxygen atoms in total. The molecule has 0 aliphatic heterocycles. The van der Waals surface area contributed by atoms with E-state index in [0.717, 1.165) is 0 Å². The first-order valence-electron chi connectivity index (χ1n) is 4.72. The highest BCUT2D eigenvalue weighted by Gasteiger charge is 2.23. The molecule has 1 aromatic carbocycles. The van der Waals surface area contributed by atoms with E-state index in [1.807, 2.05) is 0 Å². The molecule has 0 bridgehead atoms. The third-order valence-electron chi connectivity index (χ3n) is 1.97. The molecule has 1 rings (SSSR count). The highest BCUT2D eigenvalue weighted by Crippen LogP contribution is 2.27. The summed E-state index contributed by atoms with van der Waals surface area (Å²) < 4.78 is 4.98. The highest BCUT2D eigenvalue weighted by molar-refractivity contribution is 6.32. The van der Waals surface area contributed by atoms with Gasteiger partial charge in [0.05, 0.1) is 12.1 Å². The van der Waals surface area contributed by atoms with Crippen LogP contribution in [0.2, 0.25) is 5.02 Å². The molecule has 0 atom stereocenters. The van der Waals surface area contributed by atoms with Crippen LogP contribution in [0.1, 0.15) is 13.8 Å². The average molecular weight is 244 g/mol. The van der Waals surface area contributed by atoms with Crippen molar-refractivity contribution in [2.75, 3.05) is 12.4 Å². The maximum absolute atomic E-state index is 11.5. The Morgan fingerprint density at radius 1 is 1.50 bits per heavy atom. The Morgan fingerprint density at radius 2 is 2.12 bits per heavy atom. The van der Waals surface area contributed by atoms with Crippen molar-refractivity contribution < 1.29 is 14.6 Å². The van der Waals surface area contributed by atoms with Gasteiger partial charge in [-0.15, -0.1) is 0 Å². The first-order valence-corrected chi connectivity index (χ1v) is 5.10. The topological polar surface area (TPSA) is 58.6 Å². The normalized spacial score (nSPS) is 11.1. The van der Waals surface area contributed by atoms with Crippen molar-refractivity contribution in [3.8, 4) is 5.75 Å². The average Bonchev–Trinajstić information content (AvgIpc) is 2.16. The number of carbonyl (C=O) groups excluding carboxylic acids is 1. The third-order valence-corrected chi connectivity index (χ3v) is 2.26. The molecule has 5 heteroatoms. The predicted octanol–water partition coefficient (Wildman–Crippen LogP) is 2.06. The van der Waals surface area contributed by atoms with Crippen LogP contribution in [0.3, 0.4) is 0 Å². The van der Waals surface area contributed by atoms with Gasteiger partial charge in [0.25, 0.3) is 5.91 Å². The lowest BCUT2D eigenvalue weighted by Gasteiger charge is -2.16. The van der Waals surface area contributed by atoms with Crippen LogP contribution >= 0.6 is 11.6 Å². The number of anilines is 1. The van der Waals surface area contributed by atoms with E-state index in [0.29, 0.717) is 16.5 Å². The fourth-order valence-corrected chi connectivity index (χ4v) is 1.29. The standard InChI is InChI=1S/C11H14ClNO3/c1-11(2,15)10(14)13-7-4-5-9(16-3)8(12)6-7/h4-6,15H,1-3H3,(H,13,14). The number of hydrogen-bond donors (Lipinski definition) is 2. The number of rotatable bonds is 3. The molecule has 0 aromatic heterocycles. The van der Waals surface area contributed by atoms with Crippen LogP contribution < -0.4 is 10.1 Å². The van der Waals surface area contributed by atoms with Crippen LogP contribution in [-0.2, 0) is 4.79 Å². The van der Waals surface area contributed by atoms with Gasteiger partial charge in [-0.1, -0.05) is 11.6 Å². The van der Waals surface area contributed by atoms with Crippen LogP contribution in [0.5, 0.6) is 5.75 Å². The number of amides is 1. The number of aliphatic hydroxyl groups is 1. The van der Waals surface area contributed by atoms with Crippen molar-refractivity contribution in [3.05, 3.63) is 23.2 Å². The lowest BCUT2D eigenvalue weighted by atomic mass is 10.1. The van der Waals surface area contributed by atoms with Gasteiger partial charge in [-0.2, -0.15) is 0 Å². The van der Waals surface area contributed by atoms with Crippen molar-refractivity contribution in [2.24, 2.45) is 0 Å². The largest absolute Gasteiger partial charge is 0.495 e. The number of ether oxygens (including phenoxy) is 1. The van der Waals surface area contributed by atoms with Gasteiger partial charge in [0, 0.05) is 5.69 Å². The van der Waals surface area contributed by atoms with Gasteiger partial charge in [0.15, 0.2) is 0 Å². The minimum Gasteiger partial charge on any atom is -0.495 e. The number of methoxy groups -OCH3 is 1. The second-order valence-corrected chi connectivity index (χ2v) is 4.27. The molecule has 1 aromatic rings. The van der Waals surface area contributed by atoms with E-state index in [4.69, 9.17) is 16.3 Å². The molecule has 2 N–H and O–H groups in total. The van der Waals surface area contributed by atoms with Gasteiger partial charge >= 0.3 is 0 Å². The Bertz CT molecular complexity index is 399. The number of nitrogens with one attached hydrogen (secondary N) is 1. The number of carbonyl (C=O) groups is 1. The zero-order valence-corrected chi connectivity index (χ0v) is 10.1. The minimum atomic E-state index is -1.42. The molecule has 0 saturated carbocycles. The fraction of sp³-hybridized carbons (Fsp3) is 0.364. The smallest absolute Gasteiger partial charge is 0.255 e. The van der Waals surface area contributed by atoms with E-state index in [9.17, 15) is 9.90 Å². The Morgan fingerprint density at radius 3 is 2.56 bits per heavy atom. The Kier molecular flexibility index (Phi) is 3.78. The molecular formula is C11H14ClNO3. The van der Waals surface area contributed by atoms with Crippen LogP contribution in [-0.4, -0.2) is 23.7 Å². The molecule has 0 radical (unpaired) electrons. The van der Waals surface area contributed by atoms with E-state index < -0.39 is 11.5 Å². The Labute approximate surface area is 99.2 Å². The molecule has 0 spiro atoms. The fourth-order valence-electron chi connectivity index (χ4n) is 1.03. The Balaban J connectivity index is 2.84. The van der Waals surface area contributed by atoms with Crippen LogP contribution in [0.25, 0.3) is 0 Å². The first kappa shape index (κ1) is 12.8. The minimum absolute atomic E-state index is 0.399. The van der Waals surface area contributed by atoms with Crippen molar-refractivity contribution in [1.29, 1.82) is 0 Å². The molecule has 16 heavy (non-hydrogen) atoms. The molecule has 0 unspecified atom stereocenters. The lowest BCUT2D eigenvalue weighted by molar-refractivity contribution is -0.130. The summed E-state index contributed by atoms with van der Waals surface area (Å²) in [6.45, 7) is 2.82. The summed E-state index contributed by atoms with van der Waals surface area (Å²) in [7, 11) is 1.51. The third kappa shape index (κ3) is 3.12. The van der Waals surface area contributed by atoms with Gasteiger partial charge in [-0.05, 0) is 32.0 Å². The molecule has 0 fully saturated rings. The first-order chi connectivity index (χ1) is 7.34. The SMILES string of the molecule is COc1ccc(NC(=O)C(C)(C)O)cc1Cl. The van der Waals surface area contributed by atoms with Crippen LogP contribution in [0.4, 0.5) is 5.69 Å². The maximum Gasteiger partial charge on any atom is 0.255 e. The van der Waals surface area contributed by atoms with Gasteiger partial charge in [-0.3, -0.25) is 4.79 Å². The molecule has 0 saturated heterocycles. The molecule has 1 amide bonds. The Hall–Kier alpha value is -1.26. The number of hydrogen-bond acceptors (Lipinski definition) is 3. The van der Waals surface area contributed by atoms with Gasteiger partial charge in [0.2, 0.25) is 0 Å². The zero-order valence-electron chi connectivity index (χ0n) is 9.37. The summed E-state index contributed by atoms with van der Waals surface area (Å²) >= 11 is 5.89. The monoisotopic (exact) mass is 243 g/mol. The molecular weight excluding hydrogens is 230 g/mol. The summed E-state index contributed by atoms with van der Waals surface area (Å²) in [6, 6.07) is 4.85. The lowest BCUT2D eigenvalue weighted by Crippen LogP contribution is -2.36. The number of halogens is 1. The van der Waals surface area contributed by atoms with Gasteiger partial charge < -0.3 is 15.2 Å². The van der Waals surface area contributed by atoms with Crippen molar-refractivity contribution in [1.82, 2.24) is 0 Å². The van der Waals surface area contributed by atoms with E-state index in [1.54, 1.807) is 18.2 Å².